The number of fused-ring (bicyclic) bond motifs is 1. The molecule has 3 rings (SSSR count). The van der Waals surface area contributed by atoms with Crippen molar-refractivity contribution in [2.75, 3.05) is 13.1 Å². The quantitative estimate of drug-likeness (QED) is 0.905. The lowest BCUT2D eigenvalue weighted by Crippen LogP contribution is -2.31. The van der Waals surface area contributed by atoms with Crippen molar-refractivity contribution >= 4 is 12.4 Å². The van der Waals surface area contributed by atoms with Gasteiger partial charge in [-0.1, -0.05) is 12.1 Å². The van der Waals surface area contributed by atoms with Crippen LogP contribution < -0.4 is 5.73 Å². The molecule has 4 unspecified atom stereocenters. The van der Waals surface area contributed by atoms with Gasteiger partial charge in [0.2, 0.25) is 0 Å². The van der Waals surface area contributed by atoms with E-state index in [9.17, 15) is 4.39 Å². The van der Waals surface area contributed by atoms with Crippen molar-refractivity contribution in [2.45, 2.75) is 31.8 Å². The van der Waals surface area contributed by atoms with Gasteiger partial charge < -0.3 is 5.73 Å². The van der Waals surface area contributed by atoms with Gasteiger partial charge in [0, 0.05) is 25.2 Å². The summed E-state index contributed by atoms with van der Waals surface area (Å²) in [4.78, 5) is 2.50. The predicted molar refractivity (Wildman–Crippen MR) is 77.8 cm³/mol. The van der Waals surface area contributed by atoms with E-state index in [2.05, 4.69) is 11.8 Å². The molecule has 106 valence electrons. The van der Waals surface area contributed by atoms with Crippen molar-refractivity contribution < 1.29 is 4.39 Å². The maximum atomic E-state index is 12.9. The fraction of sp³-hybridized carbons (Fsp3) is 0.600. The van der Waals surface area contributed by atoms with Crippen molar-refractivity contribution in [2.24, 2.45) is 17.6 Å². The Morgan fingerprint density at radius 1 is 1.21 bits per heavy atom. The lowest BCUT2D eigenvalue weighted by molar-refractivity contribution is 0.239. The van der Waals surface area contributed by atoms with Gasteiger partial charge in [0.25, 0.3) is 0 Å². The molecule has 1 aliphatic carbocycles. The topological polar surface area (TPSA) is 29.3 Å². The summed E-state index contributed by atoms with van der Waals surface area (Å²) in [5.74, 6) is 1.29. The number of likely N-dealkylation sites (tertiary alicyclic amines) is 1. The van der Waals surface area contributed by atoms with Gasteiger partial charge in [-0.15, -0.1) is 12.4 Å². The van der Waals surface area contributed by atoms with Crippen molar-refractivity contribution in [1.82, 2.24) is 4.90 Å². The minimum atomic E-state index is -0.161. The second-order valence-electron chi connectivity index (χ2n) is 5.85. The van der Waals surface area contributed by atoms with Crippen LogP contribution >= 0.6 is 12.4 Å². The summed E-state index contributed by atoms with van der Waals surface area (Å²) in [6.07, 6.45) is 2.46. The van der Waals surface area contributed by atoms with Crippen LogP contribution in [0.3, 0.4) is 0 Å². The van der Waals surface area contributed by atoms with E-state index in [1.165, 1.54) is 18.4 Å². The van der Waals surface area contributed by atoms with Gasteiger partial charge in [-0.05, 0) is 49.3 Å². The van der Waals surface area contributed by atoms with Gasteiger partial charge >= 0.3 is 0 Å². The molecule has 1 saturated carbocycles. The molecule has 19 heavy (non-hydrogen) atoms. The van der Waals surface area contributed by atoms with E-state index in [-0.39, 0.29) is 18.2 Å². The van der Waals surface area contributed by atoms with Gasteiger partial charge in [-0.2, -0.15) is 0 Å². The van der Waals surface area contributed by atoms with E-state index < -0.39 is 0 Å². The summed E-state index contributed by atoms with van der Waals surface area (Å²) in [6, 6.07) is 7.65. The normalized spacial score (nSPS) is 31.8. The summed E-state index contributed by atoms with van der Waals surface area (Å²) in [7, 11) is 0. The molecule has 0 radical (unpaired) electrons. The predicted octanol–water partition coefficient (Wildman–Crippen LogP) is 2.98. The van der Waals surface area contributed by atoms with Gasteiger partial charge in [-0.3, -0.25) is 4.90 Å². The van der Waals surface area contributed by atoms with Crippen LogP contribution in [0.25, 0.3) is 0 Å². The van der Waals surface area contributed by atoms with Crippen molar-refractivity contribution in [3.63, 3.8) is 0 Å². The highest BCUT2D eigenvalue weighted by Crippen LogP contribution is 2.40. The molecule has 1 aliphatic heterocycles. The van der Waals surface area contributed by atoms with Crippen LogP contribution in [0.1, 0.15) is 31.4 Å². The fourth-order valence-corrected chi connectivity index (χ4v) is 3.61. The highest BCUT2D eigenvalue weighted by atomic mass is 35.5. The van der Waals surface area contributed by atoms with Crippen LogP contribution in [-0.4, -0.2) is 24.0 Å². The monoisotopic (exact) mass is 284 g/mol. The largest absolute Gasteiger partial charge is 0.327 e. The number of nitrogens with two attached hydrogens (primary N) is 1. The third kappa shape index (κ3) is 2.78. The summed E-state index contributed by atoms with van der Waals surface area (Å²) in [5.41, 5.74) is 7.36. The number of nitrogens with zero attached hydrogens (tertiary/aromatic N) is 1. The molecule has 4 heteroatoms. The first-order valence-electron chi connectivity index (χ1n) is 6.90. The Kier molecular flexibility index (Phi) is 4.49. The molecule has 1 saturated heterocycles. The van der Waals surface area contributed by atoms with E-state index in [1.54, 1.807) is 12.1 Å². The third-order valence-corrected chi connectivity index (χ3v) is 4.84. The SMILES string of the molecule is CC(c1ccc(F)cc1)N1CC2CCC(N)C2C1.Cl. The first kappa shape index (κ1) is 14.8. The molecule has 0 spiro atoms. The Morgan fingerprint density at radius 3 is 2.53 bits per heavy atom. The Hall–Kier alpha value is -0.640. The summed E-state index contributed by atoms with van der Waals surface area (Å²) < 4.78 is 12.9. The molecular weight excluding hydrogens is 263 g/mol. The van der Waals surface area contributed by atoms with Gasteiger partial charge in [-0.25, -0.2) is 4.39 Å². The van der Waals surface area contributed by atoms with E-state index >= 15 is 0 Å². The molecule has 2 nitrogen and oxygen atoms in total. The van der Waals surface area contributed by atoms with Crippen LogP contribution in [-0.2, 0) is 0 Å². The second kappa shape index (κ2) is 5.78. The standard InChI is InChI=1S/C15H21FN2.ClH/c1-10(11-2-5-13(16)6-3-11)18-8-12-4-7-15(17)14(12)9-18;/h2-3,5-6,10,12,14-15H,4,7-9,17H2,1H3;1H. The maximum absolute atomic E-state index is 12.9. The maximum Gasteiger partial charge on any atom is 0.123 e. The number of hydrogen-bond donors (Lipinski definition) is 1. The highest BCUT2D eigenvalue weighted by Gasteiger charge is 2.42. The van der Waals surface area contributed by atoms with Gasteiger partial charge in [0.1, 0.15) is 5.82 Å². The molecule has 4 atom stereocenters. The van der Waals surface area contributed by atoms with E-state index in [1.807, 2.05) is 12.1 Å². The van der Waals surface area contributed by atoms with Crippen LogP contribution in [0.4, 0.5) is 4.39 Å². The second-order valence-corrected chi connectivity index (χ2v) is 5.85. The number of hydrogen-bond acceptors (Lipinski definition) is 2. The fourth-order valence-electron chi connectivity index (χ4n) is 3.61. The molecule has 1 aromatic rings. The number of rotatable bonds is 2. The van der Waals surface area contributed by atoms with Gasteiger partial charge in [0.05, 0.1) is 0 Å². The first-order valence-corrected chi connectivity index (χ1v) is 6.90. The summed E-state index contributed by atoms with van der Waals surface area (Å²) >= 11 is 0. The summed E-state index contributed by atoms with van der Waals surface area (Å²) in [5, 5.41) is 0. The molecule has 0 amide bonds. The van der Waals surface area contributed by atoms with Crippen molar-refractivity contribution in [3.05, 3.63) is 35.6 Å². The van der Waals surface area contributed by atoms with Crippen LogP contribution in [0.2, 0.25) is 0 Å². The smallest absolute Gasteiger partial charge is 0.123 e. The highest BCUT2D eigenvalue weighted by molar-refractivity contribution is 5.85. The van der Waals surface area contributed by atoms with Gasteiger partial charge in [0.15, 0.2) is 0 Å². The van der Waals surface area contributed by atoms with Crippen LogP contribution in [0.5, 0.6) is 0 Å². The first-order chi connectivity index (χ1) is 8.65. The lowest BCUT2D eigenvalue weighted by Gasteiger charge is -2.26. The Balaban J connectivity index is 0.00000133. The van der Waals surface area contributed by atoms with Crippen LogP contribution in [0.15, 0.2) is 24.3 Å². The molecule has 0 aromatic heterocycles. The molecular formula is C15H22ClFN2. The molecule has 1 aromatic carbocycles. The van der Waals surface area contributed by atoms with E-state index in [0.717, 1.165) is 19.0 Å². The zero-order chi connectivity index (χ0) is 12.7. The molecule has 2 aliphatic rings. The summed E-state index contributed by atoms with van der Waals surface area (Å²) in [6.45, 7) is 4.46. The molecule has 1 heterocycles. The lowest BCUT2D eigenvalue weighted by atomic mass is 9.98. The minimum absolute atomic E-state index is 0. The Labute approximate surface area is 120 Å². The molecule has 2 N–H and O–H groups in total. The zero-order valence-corrected chi connectivity index (χ0v) is 12.1. The van der Waals surface area contributed by atoms with E-state index in [4.69, 9.17) is 5.73 Å². The average molecular weight is 285 g/mol. The third-order valence-electron chi connectivity index (χ3n) is 4.84. The Morgan fingerprint density at radius 2 is 1.89 bits per heavy atom. The van der Waals surface area contributed by atoms with Crippen molar-refractivity contribution in [1.29, 1.82) is 0 Å². The minimum Gasteiger partial charge on any atom is -0.327 e. The Bertz CT molecular complexity index is 423. The van der Waals surface area contributed by atoms with Crippen molar-refractivity contribution in [3.8, 4) is 0 Å². The molecule has 0 bridgehead atoms. The number of halogens is 2. The van der Waals surface area contributed by atoms with E-state index in [0.29, 0.717) is 18.0 Å². The zero-order valence-electron chi connectivity index (χ0n) is 11.3. The van der Waals surface area contributed by atoms with Crippen LogP contribution in [0, 0.1) is 17.7 Å². The number of benzene rings is 1. The molecule has 2 fully saturated rings. The average Bonchev–Trinajstić information content (AvgIpc) is 2.92.